The van der Waals surface area contributed by atoms with Crippen LogP contribution in [0.4, 0.5) is 4.39 Å². The molecule has 10 heteroatoms. The summed E-state index contributed by atoms with van der Waals surface area (Å²) in [4.78, 5) is 4.38. The van der Waals surface area contributed by atoms with Crippen LogP contribution in [-0.4, -0.2) is 30.3 Å². The van der Waals surface area contributed by atoms with E-state index in [9.17, 15) is 12.8 Å². The minimum Gasteiger partial charge on any atom is -0.494 e. The number of hydrogen-bond donors (Lipinski definition) is 1. The molecule has 0 aliphatic heterocycles. The Morgan fingerprint density at radius 1 is 1.03 bits per heavy atom. The van der Waals surface area contributed by atoms with Gasteiger partial charge >= 0.3 is 6.01 Å². The van der Waals surface area contributed by atoms with Crippen LogP contribution in [-0.2, 0) is 16.6 Å². The normalized spacial score (nSPS) is 11.3. The standard InChI is InChI=1S/C22H19FN4O4S/c1-30-20-12-7-16(13-19(20)23)21-25-22(31-14-15-5-3-2-4-6-15)26-27(21)17-8-10-18(11-9-17)32(24,28)29/h2-13H,14H2,1H3,(H2,24,28,29). The maximum absolute atomic E-state index is 14.3. The highest BCUT2D eigenvalue weighted by Gasteiger charge is 2.17. The minimum absolute atomic E-state index is 0.0426. The van der Waals surface area contributed by atoms with Crippen molar-refractivity contribution in [3.05, 3.63) is 84.2 Å². The van der Waals surface area contributed by atoms with E-state index in [1.807, 2.05) is 30.3 Å². The Morgan fingerprint density at radius 2 is 1.75 bits per heavy atom. The Labute approximate surface area is 184 Å². The number of benzene rings is 3. The SMILES string of the molecule is COc1ccc(-c2nc(OCc3ccccc3)nn2-c2ccc(S(N)(=O)=O)cc2)cc1F. The average molecular weight is 454 g/mol. The molecule has 0 unspecified atom stereocenters. The third kappa shape index (κ3) is 4.61. The van der Waals surface area contributed by atoms with E-state index in [0.717, 1.165) is 5.56 Å². The van der Waals surface area contributed by atoms with Crippen molar-refractivity contribution in [3.8, 4) is 28.8 Å². The first-order valence-electron chi connectivity index (χ1n) is 9.46. The highest BCUT2D eigenvalue weighted by Crippen LogP contribution is 2.28. The van der Waals surface area contributed by atoms with Gasteiger partial charge in [-0.25, -0.2) is 22.6 Å². The summed E-state index contributed by atoms with van der Waals surface area (Å²) >= 11 is 0. The summed E-state index contributed by atoms with van der Waals surface area (Å²) in [7, 11) is -2.47. The Hall–Kier alpha value is -3.76. The predicted octanol–water partition coefficient (Wildman–Crippen LogP) is 3.31. The zero-order chi connectivity index (χ0) is 22.7. The molecule has 0 saturated carbocycles. The van der Waals surface area contributed by atoms with Crippen molar-refractivity contribution in [2.75, 3.05) is 7.11 Å². The molecule has 164 valence electrons. The third-order valence-corrected chi connectivity index (χ3v) is 5.55. The fourth-order valence-electron chi connectivity index (χ4n) is 3.03. The van der Waals surface area contributed by atoms with Gasteiger partial charge in [-0.15, -0.1) is 5.10 Å². The predicted molar refractivity (Wildman–Crippen MR) is 115 cm³/mol. The van der Waals surface area contributed by atoms with E-state index in [1.54, 1.807) is 6.07 Å². The monoisotopic (exact) mass is 454 g/mol. The molecule has 0 saturated heterocycles. The average Bonchev–Trinajstić information content (AvgIpc) is 3.22. The first-order valence-corrected chi connectivity index (χ1v) is 11.0. The summed E-state index contributed by atoms with van der Waals surface area (Å²) in [6.45, 7) is 0.242. The number of hydrogen-bond acceptors (Lipinski definition) is 6. The van der Waals surface area contributed by atoms with Crippen molar-refractivity contribution in [1.82, 2.24) is 14.8 Å². The fourth-order valence-corrected chi connectivity index (χ4v) is 3.54. The molecule has 0 aliphatic carbocycles. The number of aromatic nitrogens is 3. The van der Waals surface area contributed by atoms with Gasteiger partial charge in [-0.3, -0.25) is 0 Å². The second kappa shape index (κ2) is 8.77. The Kier molecular flexibility index (Phi) is 5.89. The number of nitrogens with two attached hydrogens (primary N) is 1. The van der Waals surface area contributed by atoms with Gasteiger partial charge in [0.25, 0.3) is 0 Å². The summed E-state index contributed by atoms with van der Waals surface area (Å²) in [6.07, 6.45) is 0. The quantitative estimate of drug-likeness (QED) is 0.459. The minimum atomic E-state index is -3.84. The smallest absolute Gasteiger partial charge is 0.336 e. The first-order chi connectivity index (χ1) is 15.3. The van der Waals surface area contributed by atoms with Crippen LogP contribution in [0.25, 0.3) is 17.1 Å². The molecule has 2 N–H and O–H groups in total. The lowest BCUT2D eigenvalue weighted by Gasteiger charge is -2.08. The fraction of sp³-hybridized carbons (Fsp3) is 0.0909. The van der Waals surface area contributed by atoms with Crippen molar-refractivity contribution in [2.24, 2.45) is 5.14 Å². The zero-order valence-corrected chi connectivity index (χ0v) is 17.8. The molecule has 0 atom stereocenters. The molecule has 0 amide bonds. The van der Waals surface area contributed by atoms with Crippen LogP contribution in [0.2, 0.25) is 0 Å². The molecular weight excluding hydrogens is 435 g/mol. The molecule has 0 radical (unpaired) electrons. The molecule has 4 aromatic rings. The molecule has 0 fully saturated rings. The van der Waals surface area contributed by atoms with E-state index in [-0.39, 0.29) is 23.3 Å². The maximum atomic E-state index is 14.3. The number of primary sulfonamides is 1. The Bertz CT molecular complexity index is 1340. The summed E-state index contributed by atoms with van der Waals surface area (Å²) in [6, 6.07) is 19.7. The lowest BCUT2D eigenvalue weighted by atomic mass is 10.2. The van der Waals surface area contributed by atoms with Crippen LogP contribution >= 0.6 is 0 Å². The van der Waals surface area contributed by atoms with Gasteiger partial charge in [-0.1, -0.05) is 30.3 Å². The van der Waals surface area contributed by atoms with E-state index >= 15 is 0 Å². The van der Waals surface area contributed by atoms with Gasteiger partial charge in [-0.05, 0) is 48.0 Å². The van der Waals surface area contributed by atoms with Gasteiger partial charge in [0.2, 0.25) is 10.0 Å². The Balaban J connectivity index is 1.74. The van der Waals surface area contributed by atoms with Crippen LogP contribution in [0.3, 0.4) is 0 Å². The summed E-state index contributed by atoms with van der Waals surface area (Å²) < 4.78 is 49.6. The second-order valence-electron chi connectivity index (χ2n) is 6.79. The molecule has 0 bridgehead atoms. The molecule has 0 spiro atoms. The second-order valence-corrected chi connectivity index (χ2v) is 8.35. The van der Waals surface area contributed by atoms with E-state index in [4.69, 9.17) is 14.6 Å². The van der Waals surface area contributed by atoms with E-state index in [1.165, 1.54) is 48.2 Å². The number of sulfonamides is 1. The lowest BCUT2D eigenvalue weighted by molar-refractivity contribution is 0.281. The van der Waals surface area contributed by atoms with Crippen molar-refractivity contribution in [1.29, 1.82) is 0 Å². The molecule has 1 heterocycles. The summed E-state index contributed by atoms with van der Waals surface area (Å²) in [5.74, 6) is -0.160. The van der Waals surface area contributed by atoms with Gasteiger partial charge in [-0.2, -0.15) is 4.98 Å². The van der Waals surface area contributed by atoms with E-state index in [2.05, 4.69) is 10.1 Å². The van der Waals surface area contributed by atoms with Crippen molar-refractivity contribution < 1.29 is 22.3 Å². The molecule has 32 heavy (non-hydrogen) atoms. The molecule has 0 aliphatic rings. The highest BCUT2D eigenvalue weighted by molar-refractivity contribution is 7.89. The van der Waals surface area contributed by atoms with Crippen LogP contribution in [0.5, 0.6) is 11.8 Å². The van der Waals surface area contributed by atoms with Crippen LogP contribution in [0.15, 0.2) is 77.7 Å². The van der Waals surface area contributed by atoms with Crippen LogP contribution in [0, 0.1) is 5.82 Å². The number of halogens is 1. The van der Waals surface area contributed by atoms with Crippen LogP contribution < -0.4 is 14.6 Å². The van der Waals surface area contributed by atoms with E-state index in [0.29, 0.717) is 17.1 Å². The number of rotatable bonds is 7. The molecular formula is C22H19FN4O4S. The Morgan fingerprint density at radius 3 is 2.38 bits per heavy atom. The molecule has 4 rings (SSSR count). The molecule has 8 nitrogen and oxygen atoms in total. The van der Waals surface area contributed by atoms with Gasteiger partial charge in [0.15, 0.2) is 17.4 Å². The van der Waals surface area contributed by atoms with Crippen molar-refractivity contribution in [3.63, 3.8) is 0 Å². The van der Waals surface area contributed by atoms with Gasteiger partial charge in [0.1, 0.15) is 6.61 Å². The van der Waals surface area contributed by atoms with Gasteiger partial charge < -0.3 is 9.47 Å². The highest BCUT2D eigenvalue weighted by atomic mass is 32.2. The first kappa shape index (κ1) is 21.5. The van der Waals surface area contributed by atoms with Gasteiger partial charge in [0.05, 0.1) is 17.7 Å². The van der Waals surface area contributed by atoms with E-state index < -0.39 is 15.8 Å². The number of ether oxygens (including phenoxy) is 2. The zero-order valence-electron chi connectivity index (χ0n) is 17.0. The number of methoxy groups -OCH3 is 1. The third-order valence-electron chi connectivity index (χ3n) is 4.62. The maximum Gasteiger partial charge on any atom is 0.336 e. The van der Waals surface area contributed by atoms with Crippen molar-refractivity contribution >= 4 is 10.0 Å². The van der Waals surface area contributed by atoms with Crippen LogP contribution in [0.1, 0.15) is 5.56 Å². The largest absolute Gasteiger partial charge is 0.494 e. The summed E-state index contributed by atoms with van der Waals surface area (Å²) in [5, 5.41) is 9.56. The topological polar surface area (TPSA) is 109 Å². The number of nitrogens with zero attached hydrogens (tertiary/aromatic N) is 3. The lowest BCUT2D eigenvalue weighted by Crippen LogP contribution is -2.12. The molecule has 3 aromatic carbocycles. The van der Waals surface area contributed by atoms with Crippen molar-refractivity contribution in [2.45, 2.75) is 11.5 Å². The molecule has 1 aromatic heterocycles. The summed E-state index contributed by atoms with van der Waals surface area (Å²) in [5.41, 5.74) is 1.85. The van der Waals surface area contributed by atoms with Gasteiger partial charge in [0, 0.05) is 5.56 Å².